The second kappa shape index (κ2) is 9.21. The number of aryl methyl sites for hydroxylation is 1. The van der Waals surface area contributed by atoms with Crippen LogP contribution in [0.3, 0.4) is 0 Å². The molecular formula is C20H26FN5O. The van der Waals surface area contributed by atoms with Crippen LogP contribution in [0.4, 0.5) is 10.2 Å². The molecule has 27 heavy (non-hydrogen) atoms. The summed E-state index contributed by atoms with van der Waals surface area (Å²) in [6, 6.07) is 11.2. The Morgan fingerprint density at radius 1 is 1.33 bits per heavy atom. The second-order valence-electron chi connectivity index (χ2n) is 6.55. The Bertz CT molecular complexity index is 765. The number of benzene rings is 1. The van der Waals surface area contributed by atoms with Gasteiger partial charge in [-0.3, -0.25) is 4.99 Å². The first kappa shape index (κ1) is 18.9. The van der Waals surface area contributed by atoms with Crippen LogP contribution in [0, 0.1) is 12.7 Å². The van der Waals surface area contributed by atoms with Crippen molar-refractivity contribution < 1.29 is 9.13 Å². The van der Waals surface area contributed by atoms with Crippen LogP contribution in [0.2, 0.25) is 0 Å². The van der Waals surface area contributed by atoms with Gasteiger partial charge >= 0.3 is 0 Å². The first-order valence-corrected chi connectivity index (χ1v) is 9.18. The van der Waals surface area contributed by atoms with Crippen LogP contribution >= 0.6 is 0 Å². The van der Waals surface area contributed by atoms with Crippen LogP contribution in [0.25, 0.3) is 0 Å². The van der Waals surface area contributed by atoms with Gasteiger partial charge in [-0.15, -0.1) is 0 Å². The molecule has 2 N–H and O–H groups in total. The molecule has 3 rings (SSSR count). The summed E-state index contributed by atoms with van der Waals surface area (Å²) in [5, 5.41) is 6.63. The highest BCUT2D eigenvalue weighted by molar-refractivity contribution is 5.80. The molecular weight excluding hydrogens is 345 g/mol. The van der Waals surface area contributed by atoms with Gasteiger partial charge in [0.1, 0.15) is 12.4 Å². The fourth-order valence-corrected chi connectivity index (χ4v) is 3.04. The normalized spacial score (nSPS) is 17.1. The van der Waals surface area contributed by atoms with Gasteiger partial charge < -0.3 is 20.3 Å². The zero-order valence-corrected chi connectivity index (χ0v) is 15.8. The Labute approximate surface area is 159 Å². The molecule has 1 fully saturated rings. The number of rotatable bonds is 6. The largest absolute Gasteiger partial charge is 0.492 e. The van der Waals surface area contributed by atoms with Gasteiger partial charge in [0.25, 0.3) is 0 Å². The van der Waals surface area contributed by atoms with Crippen LogP contribution in [-0.4, -0.2) is 50.3 Å². The summed E-state index contributed by atoms with van der Waals surface area (Å²) in [4.78, 5) is 10.4. The maximum absolute atomic E-state index is 13.9. The molecule has 1 aromatic carbocycles. The van der Waals surface area contributed by atoms with Gasteiger partial charge in [0.15, 0.2) is 17.6 Å². The van der Waals surface area contributed by atoms with Gasteiger partial charge in [-0.25, -0.2) is 9.37 Å². The number of nitrogens with zero attached hydrogens (tertiary/aromatic N) is 3. The maximum Gasteiger partial charge on any atom is 0.191 e. The molecule has 2 aromatic rings. The number of aromatic nitrogens is 1. The molecule has 144 valence electrons. The molecule has 0 aliphatic carbocycles. The Morgan fingerprint density at radius 3 is 2.89 bits per heavy atom. The smallest absolute Gasteiger partial charge is 0.191 e. The SMILES string of the molecule is CN=C(NCCOc1ccc(C)cc1)NC1CCN(c2ncccc2F)C1. The third kappa shape index (κ3) is 5.32. The Kier molecular flexibility index (Phi) is 6.46. The third-order valence-electron chi connectivity index (χ3n) is 4.48. The fourth-order valence-electron chi connectivity index (χ4n) is 3.04. The Morgan fingerprint density at radius 2 is 2.15 bits per heavy atom. The number of hydrogen-bond acceptors (Lipinski definition) is 4. The summed E-state index contributed by atoms with van der Waals surface area (Å²) in [6.45, 7) is 4.68. The van der Waals surface area contributed by atoms with Crippen LogP contribution in [-0.2, 0) is 0 Å². The van der Waals surface area contributed by atoms with Gasteiger partial charge in [0.2, 0.25) is 0 Å². The highest BCUT2D eigenvalue weighted by Crippen LogP contribution is 2.20. The Balaban J connectivity index is 1.41. The van der Waals surface area contributed by atoms with E-state index in [-0.39, 0.29) is 11.9 Å². The van der Waals surface area contributed by atoms with Crippen molar-refractivity contribution >= 4 is 11.8 Å². The molecule has 2 heterocycles. The molecule has 1 aliphatic rings. The minimum atomic E-state index is -0.283. The van der Waals surface area contributed by atoms with Gasteiger partial charge in [0.05, 0.1) is 6.54 Å². The zero-order valence-electron chi connectivity index (χ0n) is 15.8. The molecule has 1 unspecified atom stereocenters. The topological polar surface area (TPSA) is 61.8 Å². The molecule has 0 bridgehead atoms. The van der Waals surface area contributed by atoms with Crippen molar-refractivity contribution in [2.45, 2.75) is 19.4 Å². The van der Waals surface area contributed by atoms with Crippen molar-refractivity contribution in [3.05, 3.63) is 54.0 Å². The molecule has 0 radical (unpaired) electrons. The number of pyridine rings is 1. The van der Waals surface area contributed by atoms with Gasteiger partial charge in [-0.2, -0.15) is 0 Å². The van der Waals surface area contributed by atoms with E-state index in [2.05, 4.69) is 20.6 Å². The van der Waals surface area contributed by atoms with E-state index in [0.29, 0.717) is 25.5 Å². The molecule has 1 atom stereocenters. The predicted molar refractivity (Wildman–Crippen MR) is 106 cm³/mol. The quantitative estimate of drug-likeness (QED) is 0.464. The monoisotopic (exact) mass is 371 g/mol. The van der Waals surface area contributed by atoms with Crippen molar-refractivity contribution in [2.24, 2.45) is 4.99 Å². The van der Waals surface area contributed by atoms with Gasteiger partial charge in [-0.1, -0.05) is 17.7 Å². The number of ether oxygens (including phenoxy) is 1. The molecule has 7 heteroatoms. The molecule has 0 saturated carbocycles. The number of aliphatic imine (C=N–C) groups is 1. The number of nitrogens with one attached hydrogen (secondary N) is 2. The van der Waals surface area contributed by atoms with Crippen molar-refractivity contribution in [2.75, 3.05) is 38.2 Å². The van der Waals surface area contributed by atoms with Crippen LogP contribution in [0.1, 0.15) is 12.0 Å². The molecule has 6 nitrogen and oxygen atoms in total. The highest BCUT2D eigenvalue weighted by Gasteiger charge is 2.25. The van der Waals surface area contributed by atoms with E-state index in [4.69, 9.17) is 4.74 Å². The van der Waals surface area contributed by atoms with Gasteiger partial charge in [0, 0.05) is 32.4 Å². The molecule has 0 spiro atoms. The van der Waals surface area contributed by atoms with Crippen molar-refractivity contribution in [3.8, 4) is 5.75 Å². The number of halogens is 1. The summed E-state index contributed by atoms with van der Waals surface area (Å²) in [6.07, 6.45) is 2.52. The van der Waals surface area contributed by atoms with E-state index < -0.39 is 0 Å². The highest BCUT2D eigenvalue weighted by atomic mass is 19.1. The summed E-state index contributed by atoms with van der Waals surface area (Å²) in [7, 11) is 1.74. The fraction of sp³-hybridized carbons (Fsp3) is 0.400. The zero-order chi connectivity index (χ0) is 19.1. The minimum absolute atomic E-state index is 0.190. The lowest BCUT2D eigenvalue weighted by molar-refractivity contribution is 0.321. The lowest BCUT2D eigenvalue weighted by Gasteiger charge is -2.20. The summed E-state index contributed by atoms with van der Waals surface area (Å²) in [5.74, 6) is 1.70. The first-order chi connectivity index (χ1) is 13.2. The summed E-state index contributed by atoms with van der Waals surface area (Å²) in [5.41, 5.74) is 1.21. The molecule has 1 aromatic heterocycles. The number of hydrogen-bond donors (Lipinski definition) is 2. The molecule has 1 aliphatic heterocycles. The van der Waals surface area contributed by atoms with Crippen molar-refractivity contribution in [1.82, 2.24) is 15.6 Å². The molecule has 0 amide bonds. The summed E-state index contributed by atoms with van der Waals surface area (Å²) < 4.78 is 19.6. The lowest BCUT2D eigenvalue weighted by atomic mass is 10.2. The third-order valence-corrected chi connectivity index (χ3v) is 4.48. The van der Waals surface area contributed by atoms with E-state index in [1.54, 1.807) is 19.3 Å². The predicted octanol–water partition coefficient (Wildman–Crippen LogP) is 2.35. The molecule has 1 saturated heterocycles. The van der Waals surface area contributed by atoms with E-state index in [1.807, 2.05) is 36.1 Å². The van der Waals surface area contributed by atoms with E-state index in [0.717, 1.165) is 24.7 Å². The summed E-state index contributed by atoms with van der Waals surface area (Å²) >= 11 is 0. The van der Waals surface area contributed by atoms with Crippen LogP contribution in [0.5, 0.6) is 5.75 Å². The van der Waals surface area contributed by atoms with E-state index in [1.165, 1.54) is 11.6 Å². The average Bonchev–Trinajstić information content (AvgIpc) is 3.14. The second-order valence-corrected chi connectivity index (χ2v) is 6.55. The number of anilines is 1. The lowest BCUT2D eigenvalue weighted by Crippen LogP contribution is -2.45. The van der Waals surface area contributed by atoms with Gasteiger partial charge in [-0.05, 0) is 37.6 Å². The van der Waals surface area contributed by atoms with E-state index >= 15 is 0 Å². The maximum atomic E-state index is 13.9. The van der Waals surface area contributed by atoms with Crippen LogP contribution < -0.4 is 20.3 Å². The standard InChI is InChI=1S/C20H26FN5O/c1-15-5-7-17(8-6-15)27-13-11-24-20(22-2)25-16-9-12-26(14-16)19-18(21)4-3-10-23-19/h3-8,10,16H,9,11-14H2,1-2H3,(H2,22,24,25). The van der Waals surface area contributed by atoms with Crippen molar-refractivity contribution in [1.29, 1.82) is 0 Å². The number of guanidine groups is 1. The average molecular weight is 371 g/mol. The van der Waals surface area contributed by atoms with E-state index in [9.17, 15) is 4.39 Å². The van der Waals surface area contributed by atoms with Crippen molar-refractivity contribution in [3.63, 3.8) is 0 Å². The minimum Gasteiger partial charge on any atom is -0.492 e. The first-order valence-electron chi connectivity index (χ1n) is 9.18. The van der Waals surface area contributed by atoms with Crippen LogP contribution in [0.15, 0.2) is 47.6 Å². The Hall–Kier alpha value is -2.83.